The van der Waals surface area contributed by atoms with E-state index in [1.165, 1.54) is 0 Å². The Morgan fingerprint density at radius 2 is 1.39 bits per heavy atom. The van der Waals surface area contributed by atoms with Gasteiger partial charge in [0.15, 0.2) is 0 Å². The predicted molar refractivity (Wildman–Crippen MR) is 133 cm³/mol. The minimum absolute atomic E-state index is 0.391. The summed E-state index contributed by atoms with van der Waals surface area (Å²) in [5.41, 5.74) is 2.58. The standard InChI is InChI=1S/C29H32O4/c1-4-6-7-20-31-26-14-12-24(13-15-26)23-8-10-25(11-9-23)29(30)33-28-18-16-27(17-19-28)32-21-22(3)5-2/h4,8-19,22H,1,5-7,20-21H2,2-3H3/t22-/m0/s1. The van der Waals surface area contributed by atoms with Crippen LogP contribution in [0.4, 0.5) is 0 Å². The van der Waals surface area contributed by atoms with Crippen LogP contribution in [0.25, 0.3) is 11.1 Å². The molecule has 172 valence electrons. The maximum atomic E-state index is 12.5. The van der Waals surface area contributed by atoms with Crippen LogP contribution in [-0.4, -0.2) is 19.2 Å². The van der Waals surface area contributed by atoms with Gasteiger partial charge in [0.1, 0.15) is 17.2 Å². The van der Waals surface area contributed by atoms with Gasteiger partial charge < -0.3 is 14.2 Å². The zero-order chi connectivity index (χ0) is 23.5. The van der Waals surface area contributed by atoms with Gasteiger partial charge in [-0.05, 0) is 78.4 Å². The van der Waals surface area contributed by atoms with E-state index < -0.39 is 5.97 Å². The van der Waals surface area contributed by atoms with Gasteiger partial charge in [-0.2, -0.15) is 0 Å². The maximum Gasteiger partial charge on any atom is 0.343 e. The lowest BCUT2D eigenvalue weighted by Crippen LogP contribution is -2.09. The smallest absolute Gasteiger partial charge is 0.343 e. The summed E-state index contributed by atoms with van der Waals surface area (Å²) in [6.07, 6.45) is 4.88. The number of carbonyl (C=O) groups excluding carboxylic acids is 1. The summed E-state index contributed by atoms with van der Waals surface area (Å²) in [6.45, 7) is 9.36. The summed E-state index contributed by atoms with van der Waals surface area (Å²) in [7, 11) is 0. The first-order valence-electron chi connectivity index (χ1n) is 11.5. The van der Waals surface area contributed by atoms with Crippen LogP contribution in [-0.2, 0) is 0 Å². The van der Waals surface area contributed by atoms with E-state index in [1.807, 2.05) is 54.6 Å². The zero-order valence-corrected chi connectivity index (χ0v) is 19.5. The molecule has 33 heavy (non-hydrogen) atoms. The van der Waals surface area contributed by atoms with Crippen LogP contribution < -0.4 is 14.2 Å². The van der Waals surface area contributed by atoms with Crippen molar-refractivity contribution in [3.05, 3.63) is 91.0 Å². The fraction of sp³-hybridized carbons (Fsp3) is 0.276. The SMILES string of the molecule is C=CCCCOc1ccc(-c2ccc(C(=O)Oc3ccc(OC[C@@H](C)CC)cc3)cc2)cc1. The third kappa shape index (κ3) is 7.53. The van der Waals surface area contributed by atoms with Crippen molar-refractivity contribution < 1.29 is 19.0 Å². The molecule has 0 saturated heterocycles. The molecule has 4 nitrogen and oxygen atoms in total. The van der Waals surface area contributed by atoms with Crippen LogP contribution in [0, 0.1) is 5.92 Å². The van der Waals surface area contributed by atoms with Crippen LogP contribution in [0.2, 0.25) is 0 Å². The number of ether oxygens (including phenoxy) is 3. The molecule has 0 radical (unpaired) electrons. The number of benzene rings is 3. The van der Waals surface area contributed by atoms with Crippen molar-refractivity contribution in [1.82, 2.24) is 0 Å². The summed E-state index contributed by atoms with van der Waals surface area (Å²) < 4.78 is 17.0. The Morgan fingerprint density at radius 1 is 0.848 bits per heavy atom. The highest BCUT2D eigenvalue weighted by atomic mass is 16.5. The van der Waals surface area contributed by atoms with Gasteiger partial charge in [-0.1, -0.05) is 50.6 Å². The molecule has 0 saturated carbocycles. The number of hydrogen-bond donors (Lipinski definition) is 0. The lowest BCUT2D eigenvalue weighted by Gasteiger charge is -2.11. The van der Waals surface area contributed by atoms with Gasteiger partial charge in [0, 0.05) is 0 Å². The lowest BCUT2D eigenvalue weighted by atomic mass is 10.0. The highest BCUT2D eigenvalue weighted by Gasteiger charge is 2.10. The number of hydrogen-bond acceptors (Lipinski definition) is 4. The van der Waals surface area contributed by atoms with E-state index in [2.05, 4.69) is 20.4 Å². The second-order valence-electron chi connectivity index (χ2n) is 8.07. The number of allylic oxidation sites excluding steroid dienone is 1. The molecule has 0 unspecified atom stereocenters. The molecule has 0 aliphatic heterocycles. The molecule has 0 aliphatic rings. The van der Waals surface area contributed by atoms with Gasteiger partial charge in [0.05, 0.1) is 18.8 Å². The Morgan fingerprint density at radius 3 is 2.00 bits per heavy atom. The van der Waals surface area contributed by atoms with Crippen molar-refractivity contribution in [2.75, 3.05) is 13.2 Å². The normalized spacial score (nSPS) is 11.5. The molecule has 0 aromatic heterocycles. The second kappa shape index (κ2) is 12.5. The van der Waals surface area contributed by atoms with Crippen molar-refractivity contribution in [2.45, 2.75) is 33.1 Å². The fourth-order valence-electron chi connectivity index (χ4n) is 3.09. The van der Waals surface area contributed by atoms with Gasteiger partial charge in [-0.25, -0.2) is 4.79 Å². The topological polar surface area (TPSA) is 44.8 Å². The molecule has 0 heterocycles. The Hall–Kier alpha value is -3.53. The van der Waals surface area contributed by atoms with Crippen LogP contribution in [0.3, 0.4) is 0 Å². The Bertz CT molecular complexity index is 1000. The van der Waals surface area contributed by atoms with E-state index in [1.54, 1.807) is 24.3 Å². The number of rotatable bonds is 12. The molecular formula is C29H32O4. The van der Waals surface area contributed by atoms with E-state index in [9.17, 15) is 4.79 Å². The summed E-state index contributed by atoms with van der Waals surface area (Å²) in [5, 5.41) is 0. The van der Waals surface area contributed by atoms with Crippen LogP contribution >= 0.6 is 0 Å². The Balaban J connectivity index is 1.54. The molecule has 0 fully saturated rings. The number of unbranched alkanes of at least 4 members (excludes halogenated alkanes) is 1. The van der Waals surface area contributed by atoms with Crippen molar-refractivity contribution in [3.8, 4) is 28.4 Å². The minimum Gasteiger partial charge on any atom is -0.494 e. The van der Waals surface area contributed by atoms with Gasteiger partial charge in [0.2, 0.25) is 0 Å². The highest BCUT2D eigenvalue weighted by Crippen LogP contribution is 2.24. The molecule has 4 heteroatoms. The average molecular weight is 445 g/mol. The van der Waals surface area contributed by atoms with E-state index in [4.69, 9.17) is 14.2 Å². The molecule has 0 bridgehead atoms. The molecule has 1 atom stereocenters. The predicted octanol–water partition coefficient (Wildman–Crippen LogP) is 7.34. The van der Waals surface area contributed by atoms with Crippen LogP contribution in [0.5, 0.6) is 17.2 Å². The summed E-state index contributed by atoms with van der Waals surface area (Å²) >= 11 is 0. The Labute approximate surface area is 196 Å². The van der Waals surface area contributed by atoms with Gasteiger partial charge in [-0.15, -0.1) is 6.58 Å². The minimum atomic E-state index is -0.391. The van der Waals surface area contributed by atoms with E-state index in [0.29, 0.717) is 30.4 Å². The van der Waals surface area contributed by atoms with E-state index >= 15 is 0 Å². The third-order valence-corrected chi connectivity index (χ3v) is 5.40. The van der Waals surface area contributed by atoms with E-state index in [-0.39, 0.29) is 0 Å². The Kier molecular flexibility index (Phi) is 9.13. The van der Waals surface area contributed by atoms with Crippen LogP contribution in [0.1, 0.15) is 43.5 Å². The largest absolute Gasteiger partial charge is 0.494 e. The lowest BCUT2D eigenvalue weighted by molar-refractivity contribution is 0.0734. The molecular weight excluding hydrogens is 412 g/mol. The first kappa shape index (κ1) is 24.1. The molecule has 0 aliphatic carbocycles. The van der Waals surface area contributed by atoms with Crippen molar-refractivity contribution >= 4 is 5.97 Å². The molecule has 3 aromatic carbocycles. The average Bonchev–Trinajstić information content (AvgIpc) is 2.86. The van der Waals surface area contributed by atoms with Crippen molar-refractivity contribution in [3.63, 3.8) is 0 Å². The summed E-state index contributed by atoms with van der Waals surface area (Å²) in [4.78, 5) is 12.5. The fourth-order valence-corrected chi connectivity index (χ4v) is 3.09. The number of esters is 1. The second-order valence-corrected chi connectivity index (χ2v) is 8.07. The van der Waals surface area contributed by atoms with Gasteiger partial charge in [-0.3, -0.25) is 0 Å². The molecule has 0 spiro atoms. The third-order valence-electron chi connectivity index (χ3n) is 5.40. The van der Waals surface area contributed by atoms with E-state index in [0.717, 1.165) is 41.9 Å². The molecule has 0 N–H and O–H groups in total. The summed E-state index contributed by atoms with van der Waals surface area (Å²) in [6, 6.07) is 22.5. The number of carbonyl (C=O) groups is 1. The molecule has 0 amide bonds. The molecule has 3 aromatic rings. The van der Waals surface area contributed by atoms with Crippen molar-refractivity contribution in [2.24, 2.45) is 5.92 Å². The highest BCUT2D eigenvalue weighted by molar-refractivity contribution is 5.91. The van der Waals surface area contributed by atoms with Gasteiger partial charge in [0.25, 0.3) is 0 Å². The van der Waals surface area contributed by atoms with Crippen LogP contribution in [0.15, 0.2) is 85.5 Å². The summed E-state index contributed by atoms with van der Waals surface area (Å²) in [5.74, 6) is 2.22. The van der Waals surface area contributed by atoms with Gasteiger partial charge >= 0.3 is 5.97 Å². The zero-order valence-electron chi connectivity index (χ0n) is 19.5. The quantitative estimate of drug-likeness (QED) is 0.127. The van der Waals surface area contributed by atoms with Crippen molar-refractivity contribution in [1.29, 1.82) is 0 Å². The maximum absolute atomic E-state index is 12.5. The first-order chi connectivity index (χ1) is 16.1. The monoisotopic (exact) mass is 444 g/mol. The first-order valence-corrected chi connectivity index (χ1v) is 11.5. The molecule has 3 rings (SSSR count).